The van der Waals surface area contributed by atoms with E-state index in [-0.39, 0.29) is 0 Å². The van der Waals surface area contributed by atoms with E-state index in [0.717, 1.165) is 39.8 Å². The first-order chi connectivity index (χ1) is 14.3. The van der Waals surface area contributed by atoms with E-state index in [2.05, 4.69) is 37.7 Å². The zero-order valence-corrected chi connectivity index (χ0v) is 17.4. The third-order valence-corrected chi connectivity index (χ3v) is 6.92. The van der Waals surface area contributed by atoms with Crippen LogP contribution in [0.25, 0.3) is 22.2 Å². The number of hydrogen-bond donors (Lipinski definition) is 3. The normalized spacial score (nSPS) is 23.3. The quantitative estimate of drug-likeness (QED) is 0.515. The summed E-state index contributed by atoms with van der Waals surface area (Å²) in [5, 5.41) is 8.77. The molecule has 6 heteroatoms. The Kier molecular flexibility index (Phi) is 5.42. The summed E-state index contributed by atoms with van der Waals surface area (Å²) in [6, 6.07) is 8.56. The topological polar surface area (TPSA) is 65.6 Å². The van der Waals surface area contributed by atoms with Crippen LogP contribution in [0.15, 0.2) is 36.7 Å². The first-order valence-corrected chi connectivity index (χ1v) is 11.2. The van der Waals surface area contributed by atoms with Crippen LogP contribution in [0.2, 0.25) is 5.15 Å². The van der Waals surface area contributed by atoms with Crippen molar-refractivity contribution in [3.63, 3.8) is 0 Å². The number of aromatic amines is 1. The number of pyridine rings is 2. The van der Waals surface area contributed by atoms with Crippen LogP contribution in [0.4, 0.5) is 5.82 Å². The molecule has 0 unspecified atom stereocenters. The van der Waals surface area contributed by atoms with Gasteiger partial charge in [-0.25, -0.2) is 9.97 Å². The number of hydrogen-bond acceptors (Lipinski definition) is 4. The number of aromatic nitrogens is 3. The SMILES string of the molecule is Clc1cc(-c2c[nH]c3ncccc23)cc(NC2CCC(C3CCNCC3)CC2)n1. The maximum Gasteiger partial charge on any atom is 0.137 e. The molecule has 1 aliphatic heterocycles. The van der Waals surface area contributed by atoms with Crippen LogP contribution in [0.5, 0.6) is 0 Å². The Morgan fingerprint density at radius 3 is 2.62 bits per heavy atom. The van der Waals surface area contributed by atoms with Gasteiger partial charge in [0.1, 0.15) is 16.6 Å². The van der Waals surface area contributed by atoms with Gasteiger partial charge in [0.15, 0.2) is 0 Å². The number of anilines is 1. The number of fused-ring (bicyclic) bond motifs is 1. The van der Waals surface area contributed by atoms with Gasteiger partial charge in [0.25, 0.3) is 0 Å². The number of halogens is 1. The van der Waals surface area contributed by atoms with E-state index in [1.165, 1.54) is 51.6 Å². The van der Waals surface area contributed by atoms with Gasteiger partial charge in [-0.15, -0.1) is 0 Å². The second-order valence-corrected chi connectivity index (χ2v) is 8.90. The molecule has 3 aromatic rings. The van der Waals surface area contributed by atoms with Crippen LogP contribution < -0.4 is 10.6 Å². The lowest BCUT2D eigenvalue weighted by Gasteiger charge is -2.36. The average molecular weight is 410 g/mol. The minimum absolute atomic E-state index is 0.483. The van der Waals surface area contributed by atoms with Crippen LogP contribution >= 0.6 is 11.6 Å². The Hall–Kier alpha value is -2.11. The van der Waals surface area contributed by atoms with E-state index in [4.69, 9.17) is 11.6 Å². The van der Waals surface area contributed by atoms with Crippen molar-refractivity contribution in [3.8, 4) is 11.1 Å². The molecule has 0 atom stereocenters. The van der Waals surface area contributed by atoms with Gasteiger partial charge < -0.3 is 15.6 Å². The molecule has 2 fully saturated rings. The lowest BCUT2D eigenvalue weighted by Crippen LogP contribution is -2.35. The third kappa shape index (κ3) is 4.12. The van der Waals surface area contributed by atoms with Crippen molar-refractivity contribution in [2.75, 3.05) is 18.4 Å². The summed E-state index contributed by atoms with van der Waals surface area (Å²) in [6.45, 7) is 2.39. The van der Waals surface area contributed by atoms with Crippen molar-refractivity contribution in [1.29, 1.82) is 0 Å². The Balaban J connectivity index is 1.29. The Morgan fingerprint density at radius 1 is 1.00 bits per heavy atom. The highest BCUT2D eigenvalue weighted by Crippen LogP contribution is 2.36. The molecule has 0 amide bonds. The highest BCUT2D eigenvalue weighted by atomic mass is 35.5. The summed E-state index contributed by atoms with van der Waals surface area (Å²) < 4.78 is 0. The van der Waals surface area contributed by atoms with Crippen LogP contribution in [0.1, 0.15) is 38.5 Å². The molecule has 3 aromatic heterocycles. The molecule has 152 valence electrons. The summed E-state index contributed by atoms with van der Waals surface area (Å²) in [6.07, 6.45) is 11.6. The summed E-state index contributed by atoms with van der Waals surface area (Å²) >= 11 is 6.38. The molecule has 2 aliphatic rings. The maximum absolute atomic E-state index is 6.38. The van der Waals surface area contributed by atoms with Gasteiger partial charge in [-0.05, 0) is 93.3 Å². The number of nitrogens with zero attached hydrogens (tertiary/aromatic N) is 2. The zero-order valence-electron chi connectivity index (χ0n) is 16.6. The van der Waals surface area contributed by atoms with Gasteiger partial charge in [0.05, 0.1) is 0 Å². The van der Waals surface area contributed by atoms with Crippen LogP contribution in [0.3, 0.4) is 0 Å². The second-order valence-electron chi connectivity index (χ2n) is 8.51. The molecule has 5 nitrogen and oxygen atoms in total. The smallest absolute Gasteiger partial charge is 0.137 e. The minimum Gasteiger partial charge on any atom is -0.367 e. The van der Waals surface area contributed by atoms with E-state index in [9.17, 15) is 0 Å². The van der Waals surface area contributed by atoms with Crippen molar-refractivity contribution in [2.45, 2.75) is 44.6 Å². The second kappa shape index (κ2) is 8.33. The fourth-order valence-electron chi connectivity index (χ4n) is 5.18. The first kappa shape index (κ1) is 18.9. The molecule has 0 aromatic carbocycles. The molecule has 4 heterocycles. The number of H-pyrrole nitrogens is 1. The molecule has 3 N–H and O–H groups in total. The molecule has 29 heavy (non-hydrogen) atoms. The predicted octanol–water partition coefficient (Wildman–Crippen LogP) is 5.25. The van der Waals surface area contributed by atoms with Gasteiger partial charge in [-0.1, -0.05) is 11.6 Å². The fourth-order valence-corrected chi connectivity index (χ4v) is 5.39. The van der Waals surface area contributed by atoms with E-state index in [1.807, 2.05) is 18.3 Å². The minimum atomic E-state index is 0.483. The average Bonchev–Trinajstić information content (AvgIpc) is 3.19. The summed E-state index contributed by atoms with van der Waals surface area (Å²) in [5.41, 5.74) is 3.06. The highest BCUT2D eigenvalue weighted by Gasteiger charge is 2.28. The molecule has 5 rings (SSSR count). The Morgan fingerprint density at radius 2 is 1.79 bits per heavy atom. The zero-order chi connectivity index (χ0) is 19.6. The van der Waals surface area contributed by atoms with Crippen LogP contribution in [-0.4, -0.2) is 34.1 Å². The summed E-state index contributed by atoms with van der Waals surface area (Å²) in [7, 11) is 0. The van der Waals surface area contributed by atoms with Crippen molar-refractivity contribution in [1.82, 2.24) is 20.3 Å². The molecule has 0 radical (unpaired) electrons. The standard InChI is InChI=1S/C23H28ClN5/c24-21-12-17(20-14-27-23-19(20)2-1-9-26-23)13-22(29-21)28-18-5-3-15(4-6-18)16-7-10-25-11-8-16/h1-2,9,12-16,18,25H,3-8,10-11H2,(H,26,27)(H,28,29). The number of nitrogens with one attached hydrogen (secondary N) is 3. The Labute approximate surface area is 176 Å². The van der Waals surface area contributed by atoms with Gasteiger partial charge in [-0.2, -0.15) is 0 Å². The molecule has 0 bridgehead atoms. The monoisotopic (exact) mass is 409 g/mol. The number of piperidine rings is 1. The molecule has 1 saturated heterocycles. The molecule has 1 aliphatic carbocycles. The number of rotatable bonds is 4. The maximum atomic E-state index is 6.38. The van der Waals surface area contributed by atoms with E-state index < -0.39 is 0 Å². The lowest BCUT2D eigenvalue weighted by atomic mass is 9.75. The van der Waals surface area contributed by atoms with Crippen molar-refractivity contribution in [2.24, 2.45) is 11.8 Å². The van der Waals surface area contributed by atoms with Gasteiger partial charge >= 0.3 is 0 Å². The van der Waals surface area contributed by atoms with Crippen molar-refractivity contribution < 1.29 is 0 Å². The lowest BCUT2D eigenvalue weighted by molar-refractivity contribution is 0.197. The third-order valence-electron chi connectivity index (χ3n) is 6.73. The fraction of sp³-hybridized carbons (Fsp3) is 0.478. The summed E-state index contributed by atoms with van der Waals surface area (Å²) in [4.78, 5) is 12.2. The van der Waals surface area contributed by atoms with E-state index in [1.54, 1.807) is 6.20 Å². The predicted molar refractivity (Wildman–Crippen MR) is 119 cm³/mol. The van der Waals surface area contributed by atoms with Gasteiger partial charge in [-0.3, -0.25) is 0 Å². The van der Waals surface area contributed by atoms with Crippen molar-refractivity contribution in [3.05, 3.63) is 41.8 Å². The van der Waals surface area contributed by atoms with Crippen molar-refractivity contribution >= 4 is 28.5 Å². The largest absolute Gasteiger partial charge is 0.367 e. The van der Waals surface area contributed by atoms with Gasteiger partial charge in [0, 0.05) is 29.4 Å². The summed E-state index contributed by atoms with van der Waals surface area (Å²) in [5.74, 6) is 2.69. The first-order valence-electron chi connectivity index (χ1n) is 10.8. The van der Waals surface area contributed by atoms with Crippen LogP contribution in [-0.2, 0) is 0 Å². The molecular formula is C23H28ClN5. The van der Waals surface area contributed by atoms with Gasteiger partial charge in [0.2, 0.25) is 0 Å². The molecule has 1 saturated carbocycles. The molecular weight excluding hydrogens is 382 g/mol. The Bertz CT molecular complexity index is 970. The van der Waals surface area contributed by atoms with E-state index in [0.29, 0.717) is 11.2 Å². The van der Waals surface area contributed by atoms with Crippen LogP contribution in [0, 0.1) is 11.8 Å². The van der Waals surface area contributed by atoms with E-state index >= 15 is 0 Å². The molecule has 0 spiro atoms. The highest BCUT2D eigenvalue weighted by molar-refractivity contribution is 6.29.